The second-order valence-electron chi connectivity index (χ2n) is 2.32. The third-order valence-electron chi connectivity index (χ3n) is 1.39. The van der Waals surface area contributed by atoms with Crippen molar-refractivity contribution in [1.82, 2.24) is 0 Å². The molecule has 0 amide bonds. The van der Waals surface area contributed by atoms with Crippen LogP contribution < -0.4 is 0 Å². The van der Waals surface area contributed by atoms with Gasteiger partial charge in [0.15, 0.2) is 0 Å². The van der Waals surface area contributed by atoms with E-state index in [1.54, 1.807) is 0 Å². The monoisotopic (exact) mass is 136 g/mol. The molecule has 0 radical (unpaired) electrons. The molecule has 56 valence electrons. The lowest BCUT2D eigenvalue weighted by Gasteiger charge is -1.95. The van der Waals surface area contributed by atoms with E-state index in [0.29, 0.717) is 0 Å². The highest BCUT2D eigenvalue weighted by molar-refractivity contribution is 5.10. The van der Waals surface area contributed by atoms with Crippen molar-refractivity contribution in [3.05, 3.63) is 37.0 Å². The van der Waals surface area contributed by atoms with Gasteiger partial charge in [-0.05, 0) is 26.2 Å². The van der Waals surface area contributed by atoms with Crippen molar-refractivity contribution in [3.63, 3.8) is 0 Å². The van der Waals surface area contributed by atoms with Crippen LogP contribution in [0.25, 0.3) is 0 Å². The minimum absolute atomic E-state index is 1.08. The first kappa shape index (κ1) is 9.22. The molecule has 0 atom stereocenters. The van der Waals surface area contributed by atoms with Gasteiger partial charge in [-0.2, -0.15) is 0 Å². The third-order valence-corrected chi connectivity index (χ3v) is 1.39. The smallest absolute Gasteiger partial charge is 0.0282 e. The first-order chi connectivity index (χ1) is 4.81. The summed E-state index contributed by atoms with van der Waals surface area (Å²) in [5, 5.41) is 0. The van der Waals surface area contributed by atoms with Crippen molar-refractivity contribution in [2.24, 2.45) is 0 Å². The molecule has 0 bridgehead atoms. The number of unbranched alkanes of at least 4 members (excludes halogenated alkanes) is 1. The largest absolute Gasteiger partial charge is 0.0988 e. The average molecular weight is 136 g/mol. The maximum absolute atomic E-state index is 3.83. The van der Waals surface area contributed by atoms with Crippen LogP contribution in [0.5, 0.6) is 0 Å². The molecule has 0 N–H and O–H groups in total. The summed E-state index contributed by atoms with van der Waals surface area (Å²) in [4.78, 5) is 0. The minimum atomic E-state index is 1.08. The second-order valence-corrected chi connectivity index (χ2v) is 2.32. The molecule has 0 saturated carbocycles. The maximum Gasteiger partial charge on any atom is -0.0282 e. The van der Waals surface area contributed by atoms with Gasteiger partial charge in [-0.25, -0.2) is 0 Å². The minimum Gasteiger partial charge on any atom is -0.0988 e. The van der Waals surface area contributed by atoms with Crippen LogP contribution in [-0.2, 0) is 0 Å². The van der Waals surface area contributed by atoms with Crippen LogP contribution in [0.15, 0.2) is 37.0 Å². The highest BCUT2D eigenvalue weighted by Crippen LogP contribution is 2.05. The molecule has 0 saturated heterocycles. The van der Waals surface area contributed by atoms with Gasteiger partial charge in [-0.1, -0.05) is 37.0 Å². The Morgan fingerprint density at radius 2 is 2.20 bits per heavy atom. The van der Waals surface area contributed by atoms with Gasteiger partial charge in [0.25, 0.3) is 0 Å². The van der Waals surface area contributed by atoms with Gasteiger partial charge in [0.2, 0.25) is 0 Å². The topological polar surface area (TPSA) is 0 Å². The Hall–Kier alpha value is -0.780. The number of hydrogen-bond acceptors (Lipinski definition) is 0. The standard InChI is InChI=1S/C10H16/c1-4-6-7-8-9-10(3)5-2/h4-6H,2-3,7-9H2,1H3/b6-4-. The SMILES string of the molecule is C=CC(=C)CCC/C=C\C. The van der Waals surface area contributed by atoms with E-state index in [9.17, 15) is 0 Å². The zero-order chi connectivity index (χ0) is 7.82. The van der Waals surface area contributed by atoms with Crippen LogP contribution in [0, 0.1) is 0 Å². The van der Waals surface area contributed by atoms with Gasteiger partial charge < -0.3 is 0 Å². The van der Waals surface area contributed by atoms with Crippen LogP contribution >= 0.6 is 0 Å². The summed E-state index contributed by atoms with van der Waals surface area (Å²) in [5.41, 5.74) is 1.14. The highest BCUT2D eigenvalue weighted by Gasteiger charge is 1.85. The Kier molecular flexibility index (Phi) is 5.85. The normalized spacial score (nSPS) is 10.1. The number of rotatable bonds is 5. The van der Waals surface area contributed by atoms with Crippen molar-refractivity contribution in [2.45, 2.75) is 26.2 Å². The quantitative estimate of drug-likeness (QED) is 0.308. The lowest BCUT2D eigenvalue weighted by Crippen LogP contribution is -1.75. The molecule has 0 aromatic rings. The van der Waals surface area contributed by atoms with Crippen LogP contribution in [0.4, 0.5) is 0 Å². The second kappa shape index (κ2) is 6.34. The van der Waals surface area contributed by atoms with Crippen LogP contribution in [0.1, 0.15) is 26.2 Å². The average Bonchev–Trinajstić information content (AvgIpc) is 1.98. The van der Waals surface area contributed by atoms with Gasteiger partial charge in [-0.3, -0.25) is 0 Å². The predicted octanol–water partition coefficient (Wildman–Crippen LogP) is 3.48. The van der Waals surface area contributed by atoms with E-state index in [1.807, 2.05) is 13.0 Å². The number of hydrogen-bond donors (Lipinski definition) is 0. The van der Waals surface area contributed by atoms with E-state index in [0.717, 1.165) is 18.4 Å². The van der Waals surface area contributed by atoms with E-state index in [4.69, 9.17) is 0 Å². The van der Waals surface area contributed by atoms with Crippen molar-refractivity contribution >= 4 is 0 Å². The summed E-state index contributed by atoms with van der Waals surface area (Å²) in [6.45, 7) is 9.51. The molecular weight excluding hydrogens is 120 g/mol. The van der Waals surface area contributed by atoms with Crippen LogP contribution in [-0.4, -0.2) is 0 Å². The summed E-state index contributed by atoms with van der Waals surface area (Å²) >= 11 is 0. The molecule has 0 aromatic carbocycles. The zero-order valence-corrected chi connectivity index (χ0v) is 6.77. The van der Waals surface area contributed by atoms with Crippen molar-refractivity contribution < 1.29 is 0 Å². The van der Waals surface area contributed by atoms with E-state index in [1.165, 1.54) is 6.42 Å². The Morgan fingerprint density at radius 1 is 1.50 bits per heavy atom. The maximum atomic E-state index is 3.83. The lowest BCUT2D eigenvalue weighted by molar-refractivity contribution is 0.848. The van der Waals surface area contributed by atoms with Gasteiger partial charge >= 0.3 is 0 Å². The van der Waals surface area contributed by atoms with Gasteiger partial charge in [0, 0.05) is 0 Å². The molecule has 0 heterocycles. The van der Waals surface area contributed by atoms with Gasteiger partial charge in [0.05, 0.1) is 0 Å². The predicted molar refractivity (Wildman–Crippen MR) is 48.0 cm³/mol. The first-order valence-electron chi connectivity index (χ1n) is 3.72. The molecule has 0 aliphatic rings. The summed E-state index contributed by atoms with van der Waals surface area (Å²) in [5.74, 6) is 0. The molecule has 10 heavy (non-hydrogen) atoms. The fourth-order valence-electron chi connectivity index (χ4n) is 0.716. The summed E-state index contributed by atoms with van der Waals surface area (Å²) in [6.07, 6.45) is 9.51. The Labute approximate surface area is 64.0 Å². The van der Waals surface area contributed by atoms with E-state index in [-0.39, 0.29) is 0 Å². The summed E-state index contributed by atoms with van der Waals surface area (Å²) in [6, 6.07) is 0. The molecule has 0 spiro atoms. The van der Waals surface area contributed by atoms with Gasteiger partial charge in [-0.15, -0.1) is 0 Å². The van der Waals surface area contributed by atoms with E-state index in [2.05, 4.69) is 25.3 Å². The van der Waals surface area contributed by atoms with Crippen molar-refractivity contribution in [3.8, 4) is 0 Å². The Bertz CT molecular complexity index is 129. The zero-order valence-electron chi connectivity index (χ0n) is 6.77. The molecule has 0 unspecified atom stereocenters. The van der Waals surface area contributed by atoms with Crippen molar-refractivity contribution in [2.75, 3.05) is 0 Å². The highest BCUT2D eigenvalue weighted by atomic mass is 13.9. The fourth-order valence-corrected chi connectivity index (χ4v) is 0.716. The van der Waals surface area contributed by atoms with Crippen LogP contribution in [0.3, 0.4) is 0 Å². The fraction of sp³-hybridized carbons (Fsp3) is 0.400. The first-order valence-corrected chi connectivity index (χ1v) is 3.72. The van der Waals surface area contributed by atoms with E-state index < -0.39 is 0 Å². The molecule has 0 aliphatic heterocycles. The third kappa shape index (κ3) is 5.36. The molecule has 0 heteroatoms. The molecule has 0 aromatic heterocycles. The molecule has 0 nitrogen and oxygen atoms in total. The molecule has 0 fully saturated rings. The Balaban J connectivity index is 3.19. The van der Waals surface area contributed by atoms with Gasteiger partial charge in [0.1, 0.15) is 0 Å². The molecule has 0 rings (SSSR count). The molecule has 0 aliphatic carbocycles. The number of allylic oxidation sites excluding steroid dienone is 4. The Morgan fingerprint density at radius 3 is 2.70 bits per heavy atom. The lowest BCUT2D eigenvalue weighted by atomic mass is 10.1. The van der Waals surface area contributed by atoms with Crippen molar-refractivity contribution in [1.29, 1.82) is 0 Å². The van der Waals surface area contributed by atoms with Crippen LogP contribution in [0.2, 0.25) is 0 Å². The van der Waals surface area contributed by atoms with E-state index >= 15 is 0 Å². The summed E-state index contributed by atoms with van der Waals surface area (Å²) < 4.78 is 0. The summed E-state index contributed by atoms with van der Waals surface area (Å²) in [7, 11) is 0. The molecular formula is C10H16.